The Morgan fingerprint density at radius 1 is 0.917 bits per heavy atom. The summed E-state index contributed by atoms with van der Waals surface area (Å²) in [5.74, 6) is 0.955. The zero-order valence-corrected chi connectivity index (χ0v) is 13.1. The predicted molar refractivity (Wildman–Crippen MR) is 95.1 cm³/mol. The number of aromatic amines is 1. The number of nitrogens with zero attached hydrogens (tertiary/aromatic N) is 4. The van der Waals surface area contributed by atoms with Crippen molar-refractivity contribution in [3.8, 4) is 17.1 Å². The summed E-state index contributed by atoms with van der Waals surface area (Å²) >= 11 is 0. The lowest BCUT2D eigenvalue weighted by molar-refractivity contribution is 0.926. The van der Waals surface area contributed by atoms with Gasteiger partial charge in [-0.05, 0) is 12.1 Å². The van der Waals surface area contributed by atoms with Crippen LogP contribution in [0.25, 0.3) is 38.9 Å². The second kappa shape index (κ2) is 4.83. The first-order chi connectivity index (χ1) is 11.8. The Bertz CT molecular complexity index is 1160. The molecule has 5 nitrogen and oxygen atoms in total. The molecule has 0 saturated carbocycles. The van der Waals surface area contributed by atoms with Crippen LogP contribution in [0.15, 0.2) is 67.5 Å². The summed E-state index contributed by atoms with van der Waals surface area (Å²) in [6, 6.07) is 12.7. The standard InChI is InChI=1S/C19H15N5/c1-23-10-9-21-19(23)15-6-2-4-13-14-5-3-7-16(18(14)22-17(13)15)24-11-8-20-12-24/h2-12,22H,1H3. The molecule has 0 bridgehead atoms. The average Bonchev–Trinajstić information content (AvgIpc) is 3.33. The highest BCUT2D eigenvalue weighted by atomic mass is 15.0. The van der Waals surface area contributed by atoms with Crippen molar-refractivity contribution in [3.05, 3.63) is 67.5 Å². The minimum atomic E-state index is 0.955. The van der Waals surface area contributed by atoms with Gasteiger partial charge >= 0.3 is 0 Å². The molecule has 0 aliphatic rings. The molecule has 0 unspecified atom stereocenters. The number of aromatic nitrogens is 5. The lowest BCUT2D eigenvalue weighted by Gasteiger charge is -2.03. The number of imidazole rings is 2. The molecule has 5 heteroatoms. The summed E-state index contributed by atoms with van der Waals surface area (Å²) in [7, 11) is 2.01. The van der Waals surface area contributed by atoms with Crippen LogP contribution >= 0.6 is 0 Å². The number of fused-ring (bicyclic) bond motifs is 3. The van der Waals surface area contributed by atoms with Gasteiger partial charge in [-0.3, -0.25) is 0 Å². The summed E-state index contributed by atoms with van der Waals surface area (Å²) in [5.41, 5.74) is 4.40. The number of para-hydroxylation sites is 2. The van der Waals surface area contributed by atoms with Crippen LogP contribution in [0, 0.1) is 0 Å². The number of hydrogen-bond acceptors (Lipinski definition) is 2. The van der Waals surface area contributed by atoms with Crippen LogP contribution in [0.4, 0.5) is 0 Å². The van der Waals surface area contributed by atoms with E-state index >= 15 is 0 Å². The van der Waals surface area contributed by atoms with Gasteiger partial charge in [0.2, 0.25) is 0 Å². The topological polar surface area (TPSA) is 51.4 Å². The molecule has 3 aromatic heterocycles. The monoisotopic (exact) mass is 313 g/mol. The van der Waals surface area contributed by atoms with Crippen molar-refractivity contribution in [1.82, 2.24) is 24.1 Å². The van der Waals surface area contributed by atoms with Gasteiger partial charge in [0, 0.05) is 48.2 Å². The van der Waals surface area contributed by atoms with Crippen molar-refractivity contribution in [2.24, 2.45) is 7.05 Å². The van der Waals surface area contributed by atoms with Gasteiger partial charge in [0.25, 0.3) is 0 Å². The first-order valence-corrected chi connectivity index (χ1v) is 7.82. The Morgan fingerprint density at radius 3 is 2.50 bits per heavy atom. The van der Waals surface area contributed by atoms with Gasteiger partial charge in [-0.2, -0.15) is 0 Å². The van der Waals surface area contributed by atoms with E-state index in [4.69, 9.17) is 0 Å². The Balaban J connectivity index is 1.89. The van der Waals surface area contributed by atoms with Gasteiger partial charge in [0.05, 0.1) is 23.0 Å². The molecule has 5 rings (SSSR count). The van der Waals surface area contributed by atoms with Crippen molar-refractivity contribution < 1.29 is 0 Å². The van der Waals surface area contributed by atoms with E-state index in [-0.39, 0.29) is 0 Å². The number of benzene rings is 2. The van der Waals surface area contributed by atoms with Crippen LogP contribution in [0.5, 0.6) is 0 Å². The normalized spacial score (nSPS) is 11.5. The van der Waals surface area contributed by atoms with E-state index in [0.29, 0.717) is 0 Å². The van der Waals surface area contributed by atoms with Crippen molar-refractivity contribution in [3.63, 3.8) is 0 Å². The maximum absolute atomic E-state index is 4.51. The predicted octanol–water partition coefficient (Wildman–Crippen LogP) is 3.91. The first kappa shape index (κ1) is 13.1. The van der Waals surface area contributed by atoms with E-state index in [1.54, 1.807) is 6.20 Å². The quantitative estimate of drug-likeness (QED) is 0.537. The third-order valence-electron chi connectivity index (χ3n) is 4.49. The van der Waals surface area contributed by atoms with E-state index < -0.39 is 0 Å². The number of nitrogens with one attached hydrogen (secondary N) is 1. The van der Waals surface area contributed by atoms with E-state index in [1.165, 1.54) is 10.8 Å². The van der Waals surface area contributed by atoms with Crippen LogP contribution in [0.1, 0.15) is 0 Å². The number of H-pyrrole nitrogens is 1. The molecule has 116 valence electrons. The summed E-state index contributed by atoms with van der Waals surface area (Å²) in [6.45, 7) is 0. The minimum Gasteiger partial charge on any atom is -0.352 e. The summed E-state index contributed by atoms with van der Waals surface area (Å²) in [4.78, 5) is 12.3. The molecule has 24 heavy (non-hydrogen) atoms. The fraction of sp³-hybridized carbons (Fsp3) is 0.0526. The van der Waals surface area contributed by atoms with E-state index in [2.05, 4.69) is 51.4 Å². The second-order valence-corrected chi connectivity index (χ2v) is 5.88. The molecule has 1 N–H and O–H groups in total. The second-order valence-electron chi connectivity index (χ2n) is 5.88. The average molecular weight is 313 g/mol. The molecule has 0 spiro atoms. The molecular weight excluding hydrogens is 298 g/mol. The number of rotatable bonds is 2. The van der Waals surface area contributed by atoms with Gasteiger partial charge < -0.3 is 14.1 Å². The van der Waals surface area contributed by atoms with E-state index in [0.717, 1.165) is 28.1 Å². The molecule has 2 aromatic carbocycles. The lowest BCUT2D eigenvalue weighted by atomic mass is 10.1. The Hall–Kier alpha value is -3.34. The number of hydrogen-bond donors (Lipinski definition) is 1. The van der Waals surface area contributed by atoms with Gasteiger partial charge in [-0.15, -0.1) is 0 Å². The maximum atomic E-state index is 4.51. The lowest BCUT2D eigenvalue weighted by Crippen LogP contribution is -1.92. The molecule has 0 atom stereocenters. The van der Waals surface area contributed by atoms with E-state index in [9.17, 15) is 0 Å². The van der Waals surface area contributed by atoms with Crippen LogP contribution in [0.3, 0.4) is 0 Å². The van der Waals surface area contributed by atoms with Crippen molar-refractivity contribution in [1.29, 1.82) is 0 Å². The largest absolute Gasteiger partial charge is 0.352 e. The third-order valence-corrected chi connectivity index (χ3v) is 4.49. The van der Waals surface area contributed by atoms with Gasteiger partial charge in [0.15, 0.2) is 0 Å². The summed E-state index contributed by atoms with van der Waals surface area (Å²) in [5, 5.41) is 2.40. The highest BCUT2D eigenvalue weighted by molar-refractivity contribution is 6.13. The SMILES string of the molecule is Cn1ccnc1-c1cccc2c1[nH]c1c(-n3ccnc3)cccc12. The van der Waals surface area contributed by atoms with E-state index in [1.807, 2.05) is 41.1 Å². The molecule has 0 saturated heterocycles. The first-order valence-electron chi connectivity index (χ1n) is 7.82. The highest BCUT2D eigenvalue weighted by Crippen LogP contribution is 2.34. The van der Waals surface area contributed by atoms with Gasteiger partial charge in [0.1, 0.15) is 5.82 Å². The van der Waals surface area contributed by atoms with Crippen molar-refractivity contribution in [2.75, 3.05) is 0 Å². The van der Waals surface area contributed by atoms with Crippen molar-refractivity contribution >= 4 is 21.8 Å². The Morgan fingerprint density at radius 2 is 1.75 bits per heavy atom. The fourth-order valence-electron chi connectivity index (χ4n) is 3.36. The zero-order chi connectivity index (χ0) is 16.1. The van der Waals surface area contributed by atoms with Gasteiger partial charge in [-0.1, -0.05) is 24.3 Å². The van der Waals surface area contributed by atoms with Crippen LogP contribution in [-0.4, -0.2) is 24.1 Å². The molecule has 0 radical (unpaired) electrons. The molecule has 0 fully saturated rings. The highest BCUT2D eigenvalue weighted by Gasteiger charge is 2.14. The smallest absolute Gasteiger partial charge is 0.141 e. The Labute approximate surface area is 138 Å². The maximum Gasteiger partial charge on any atom is 0.141 e. The molecule has 3 heterocycles. The summed E-state index contributed by atoms with van der Waals surface area (Å²) in [6.07, 6.45) is 9.36. The zero-order valence-electron chi connectivity index (χ0n) is 13.1. The molecule has 0 amide bonds. The molecule has 0 aliphatic heterocycles. The van der Waals surface area contributed by atoms with Crippen LogP contribution < -0.4 is 0 Å². The van der Waals surface area contributed by atoms with Crippen molar-refractivity contribution in [2.45, 2.75) is 0 Å². The van der Waals surface area contributed by atoms with Crippen LogP contribution in [-0.2, 0) is 7.05 Å². The fourth-order valence-corrected chi connectivity index (χ4v) is 3.36. The molecular formula is C19H15N5. The Kier molecular flexibility index (Phi) is 2.64. The van der Waals surface area contributed by atoms with Gasteiger partial charge in [-0.25, -0.2) is 9.97 Å². The number of aryl methyl sites for hydroxylation is 1. The minimum absolute atomic E-state index is 0.955. The van der Waals surface area contributed by atoms with Crippen LogP contribution in [0.2, 0.25) is 0 Å². The molecule has 0 aliphatic carbocycles. The third kappa shape index (κ3) is 1.75. The molecule has 5 aromatic rings. The summed E-state index contributed by atoms with van der Waals surface area (Å²) < 4.78 is 4.06.